The first-order valence-electron chi connectivity index (χ1n) is 12.0. The number of benzene rings is 1. The Kier molecular flexibility index (Phi) is 10.2. The third kappa shape index (κ3) is 7.40. The van der Waals surface area contributed by atoms with Crippen LogP contribution in [0.5, 0.6) is 11.5 Å². The number of pyridine rings is 1. The van der Waals surface area contributed by atoms with E-state index in [1.165, 1.54) is 19.4 Å². The summed E-state index contributed by atoms with van der Waals surface area (Å²) in [7, 11) is 1.33. The molecule has 0 saturated carbocycles. The van der Waals surface area contributed by atoms with E-state index in [2.05, 4.69) is 10.3 Å². The van der Waals surface area contributed by atoms with Gasteiger partial charge in [-0.3, -0.25) is 4.79 Å². The Bertz CT molecular complexity index is 1060. The molecule has 0 aliphatic carbocycles. The molecule has 1 aliphatic rings. The molecular formula is C26H32N2O9. The van der Waals surface area contributed by atoms with Crippen molar-refractivity contribution in [3.63, 3.8) is 0 Å². The van der Waals surface area contributed by atoms with E-state index in [4.69, 9.17) is 23.7 Å². The molecule has 200 valence electrons. The molecule has 0 radical (unpaired) electrons. The summed E-state index contributed by atoms with van der Waals surface area (Å²) < 4.78 is 28.0. The third-order valence-corrected chi connectivity index (χ3v) is 5.69. The predicted octanol–water partition coefficient (Wildman–Crippen LogP) is 2.27. The van der Waals surface area contributed by atoms with E-state index in [1.807, 2.05) is 6.92 Å². The average molecular weight is 517 g/mol. The van der Waals surface area contributed by atoms with Crippen LogP contribution in [0.4, 0.5) is 0 Å². The van der Waals surface area contributed by atoms with Crippen LogP contribution in [-0.4, -0.2) is 79.2 Å². The van der Waals surface area contributed by atoms with Gasteiger partial charge in [0.25, 0.3) is 5.91 Å². The highest BCUT2D eigenvalue weighted by Gasteiger charge is 2.38. The summed E-state index contributed by atoms with van der Waals surface area (Å²) in [4.78, 5) is 42.4. The number of nitrogens with zero attached hydrogens (tertiary/aromatic N) is 1. The lowest BCUT2D eigenvalue weighted by molar-refractivity contribution is -0.161. The van der Waals surface area contributed by atoms with E-state index < -0.39 is 47.9 Å². The quantitative estimate of drug-likeness (QED) is 0.376. The van der Waals surface area contributed by atoms with Crippen LogP contribution >= 0.6 is 0 Å². The number of esters is 2. The van der Waals surface area contributed by atoms with Crippen LogP contribution in [0.3, 0.4) is 0 Å². The second kappa shape index (κ2) is 13.6. The van der Waals surface area contributed by atoms with Gasteiger partial charge in [-0.2, -0.15) is 0 Å². The summed E-state index contributed by atoms with van der Waals surface area (Å²) in [6.45, 7) is 3.73. The van der Waals surface area contributed by atoms with Crippen molar-refractivity contribution in [1.29, 1.82) is 0 Å². The van der Waals surface area contributed by atoms with Gasteiger partial charge < -0.3 is 34.1 Å². The number of unbranched alkanes of at least 4 members (excludes halogenated alkanes) is 1. The molecule has 1 fully saturated rings. The van der Waals surface area contributed by atoms with Gasteiger partial charge in [-0.15, -0.1) is 0 Å². The van der Waals surface area contributed by atoms with Gasteiger partial charge in [0.2, 0.25) is 0 Å². The number of ether oxygens (including phenoxy) is 5. The van der Waals surface area contributed by atoms with Crippen LogP contribution in [-0.2, 0) is 23.7 Å². The van der Waals surface area contributed by atoms with Crippen LogP contribution in [0.1, 0.15) is 47.5 Å². The molecule has 4 unspecified atom stereocenters. The first kappa shape index (κ1) is 27.9. The van der Waals surface area contributed by atoms with Crippen molar-refractivity contribution < 1.29 is 43.2 Å². The SMILES string of the molecule is CCCCOC1COCC(NC(=O)c2nccc(OC)c2O)C(=O)OC(C)C1OC(=O)c1ccccc1. The number of amides is 1. The Labute approximate surface area is 215 Å². The zero-order valence-corrected chi connectivity index (χ0v) is 21.0. The van der Waals surface area contributed by atoms with Crippen molar-refractivity contribution in [1.82, 2.24) is 10.3 Å². The van der Waals surface area contributed by atoms with Gasteiger partial charge in [0, 0.05) is 18.9 Å². The molecule has 0 spiro atoms. The molecule has 3 rings (SSSR count). The summed E-state index contributed by atoms with van der Waals surface area (Å²) in [6.07, 6.45) is 0.354. The maximum atomic E-state index is 13.0. The van der Waals surface area contributed by atoms with Crippen molar-refractivity contribution in [2.45, 2.75) is 51.0 Å². The largest absolute Gasteiger partial charge is 0.503 e. The second-order valence-electron chi connectivity index (χ2n) is 8.41. The highest BCUT2D eigenvalue weighted by molar-refractivity contribution is 5.98. The van der Waals surface area contributed by atoms with Crippen LogP contribution in [0.2, 0.25) is 0 Å². The van der Waals surface area contributed by atoms with Gasteiger partial charge in [0.05, 0.1) is 25.9 Å². The zero-order valence-electron chi connectivity index (χ0n) is 21.0. The van der Waals surface area contributed by atoms with Crippen molar-refractivity contribution in [2.75, 3.05) is 26.9 Å². The standard InChI is InChI=1S/C26H32N2O9/c1-4-5-13-35-20-15-34-14-18(28-24(30)21-22(29)19(33-3)11-12-27-21)26(32)36-16(2)23(20)37-25(31)17-9-7-6-8-10-17/h6-12,16,18,20,23,29H,4-5,13-15H2,1-3H3,(H,28,30). The lowest BCUT2D eigenvalue weighted by atomic mass is 10.1. The second-order valence-corrected chi connectivity index (χ2v) is 8.41. The number of rotatable bonds is 9. The Balaban J connectivity index is 1.77. The van der Waals surface area contributed by atoms with E-state index >= 15 is 0 Å². The Morgan fingerprint density at radius 1 is 1.19 bits per heavy atom. The molecule has 4 atom stereocenters. The first-order valence-corrected chi connectivity index (χ1v) is 12.0. The molecule has 2 heterocycles. The molecule has 1 aliphatic heterocycles. The minimum absolute atomic E-state index is 0.0214. The van der Waals surface area contributed by atoms with E-state index in [9.17, 15) is 19.5 Å². The molecule has 1 saturated heterocycles. The van der Waals surface area contributed by atoms with Crippen molar-refractivity contribution >= 4 is 17.8 Å². The highest BCUT2D eigenvalue weighted by atomic mass is 16.6. The van der Waals surface area contributed by atoms with Gasteiger partial charge in [-0.05, 0) is 25.5 Å². The number of aromatic nitrogens is 1. The molecule has 1 amide bonds. The minimum Gasteiger partial charge on any atom is -0.503 e. The van der Waals surface area contributed by atoms with E-state index in [0.717, 1.165) is 12.8 Å². The monoisotopic (exact) mass is 516 g/mol. The summed E-state index contributed by atoms with van der Waals surface area (Å²) in [6, 6.07) is 8.60. The molecule has 1 aromatic heterocycles. The van der Waals surface area contributed by atoms with Gasteiger partial charge >= 0.3 is 11.9 Å². The number of nitrogens with one attached hydrogen (secondary N) is 1. The number of carbonyl (C=O) groups excluding carboxylic acids is 3. The number of carbonyl (C=O) groups is 3. The van der Waals surface area contributed by atoms with Crippen molar-refractivity contribution in [3.8, 4) is 11.5 Å². The van der Waals surface area contributed by atoms with E-state index in [0.29, 0.717) is 12.2 Å². The Morgan fingerprint density at radius 2 is 1.95 bits per heavy atom. The van der Waals surface area contributed by atoms with Gasteiger partial charge in [-0.25, -0.2) is 14.6 Å². The smallest absolute Gasteiger partial charge is 0.338 e. The maximum absolute atomic E-state index is 13.0. The van der Waals surface area contributed by atoms with Crippen molar-refractivity contribution in [2.24, 2.45) is 0 Å². The summed E-state index contributed by atoms with van der Waals surface area (Å²) in [5.41, 5.74) is 0.0142. The molecule has 11 heteroatoms. The van der Waals surface area contributed by atoms with Crippen molar-refractivity contribution in [3.05, 3.63) is 53.9 Å². The Hall–Kier alpha value is -3.70. The number of aromatic hydroxyl groups is 1. The summed E-state index contributed by atoms with van der Waals surface area (Å²) in [5, 5.41) is 12.7. The normalized spacial score (nSPS) is 22.1. The fourth-order valence-corrected chi connectivity index (χ4v) is 3.65. The summed E-state index contributed by atoms with van der Waals surface area (Å²) >= 11 is 0. The molecular weight excluding hydrogens is 484 g/mol. The molecule has 2 N–H and O–H groups in total. The van der Waals surface area contributed by atoms with Crippen LogP contribution in [0, 0.1) is 0 Å². The lowest BCUT2D eigenvalue weighted by Crippen LogP contribution is -2.47. The minimum atomic E-state index is -1.22. The lowest BCUT2D eigenvalue weighted by Gasteiger charge is -2.30. The molecule has 0 bridgehead atoms. The highest BCUT2D eigenvalue weighted by Crippen LogP contribution is 2.27. The van der Waals surface area contributed by atoms with Crippen LogP contribution in [0.25, 0.3) is 0 Å². The number of cyclic esters (lactones) is 1. The van der Waals surface area contributed by atoms with E-state index in [-0.39, 0.29) is 24.7 Å². The average Bonchev–Trinajstić information content (AvgIpc) is 2.94. The molecule has 11 nitrogen and oxygen atoms in total. The summed E-state index contributed by atoms with van der Waals surface area (Å²) in [5.74, 6) is -2.64. The number of methoxy groups -OCH3 is 1. The van der Waals surface area contributed by atoms with Crippen LogP contribution in [0.15, 0.2) is 42.6 Å². The molecule has 1 aromatic carbocycles. The fourth-order valence-electron chi connectivity index (χ4n) is 3.65. The zero-order chi connectivity index (χ0) is 26.8. The molecule has 37 heavy (non-hydrogen) atoms. The topological polar surface area (TPSA) is 143 Å². The third-order valence-electron chi connectivity index (χ3n) is 5.69. The number of hydrogen-bond donors (Lipinski definition) is 2. The van der Waals surface area contributed by atoms with E-state index in [1.54, 1.807) is 37.3 Å². The van der Waals surface area contributed by atoms with Gasteiger partial charge in [0.1, 0.15) is 12.2 Å². The Morgan fingerprint density at radius 3 is 2.65 bits per heavy atom. The number of hydrogen-bond acceptors (Lipinski definition) is 10. The van der Waals surface area contributed by atoms with Gasteiger partial charge in [0.15, 0.2) is 29.3 Å². The maximum Gasteiger partial charge on any atom is 0.338 e. The van der Waals surface area contributed by atoms with Crippen LogP contribution < -0.4 is 10.1 Å². The molecule has 2 aromatic rings. The predicted molar refractivity (Wildman–Crippen MR) is 130 cm³/mol. The first-order chi connectivity index (χ1) is 17.8. The van der Waals surface area contributed by atoms with Gasteiger partial charge in [-0.1, -0.05) is 31.5 Å². The fraction of sp³-hybridized carbons (Fsp3) is 0.462.